The Hall–Kier alpha value is -2.49. The van der Waals surface area contributed by atoms with Crippen LogP contribution in [0, 0.1) is 6.92 Å². The van der Waals surface area contributed by atoms with Gasteiger partial charge in [0.05, 0.1) is 5.78 Å². The molecular weight excluding hydrogens is 369 g/mol. The molecule has 0 radical (unpaired) electrons. The summed E-state index contributed by atoms with van der Waals surface area (Å²) in [6.45, 7) is 3.87. The highest BCUT2D eigenvalue weighted by Gasteiger charge is 2.29. The number of rotatable bonds is 2. The number of amides is 1. The van der Waals surface area contributed by atoms with Crippen LogP contribution in [0.25, 0.3) is 16.4 Å². The topological polar surface area (TPSA) is 49.6 Å². The molecule has 6 heteroatoms. The predicted octanol–water partition coefficient (Wildman–Crippen LogP) is 4.04. The average molecular weight is 391 g/mol. The van der Waals surface area contributed by atoms with Gasteiger partial charge < -0.3 is 14.2 Å². The van der Waals surface area contributed by atoms with Gasteiger partial charge in [0.15, 0.2) is 11.5 Å². The van der Waals surface area contributed by atoms with Crippen LogP contribution >= 0.6 is 8.58 Å². The molecule has 5 nitrogen and oxygen atoms in total. The number of likely N-dealkylation sites (N-methyl/N-ethyl adjacent to an activating group) is 1. The summed E-state index contributed by atoms with van der Waals surface area (Å²) in [4.78, 5) is 21.4. The Kier molecular flexibility index (Phi) is 4.30. The molecular formula is C22H22N3O2P. The molecule has 1 amide bonds. The lowest BCUT2D eigenvalue weighted by Crippen LogP contribution is -2.35. The molecule has 2 aromatic rings. The fourth-order valence-electron chi connectivity index (χ4n) is 3.87. The minimum Gasteiger partial charge on any atom is -0.441 e. The van der Waals surface area contributed by atoms with Crippen LogP contribution in [0.15, 0.2) is 64.3 Å². The Balaban J connectivity index is 1.43. The Morgan fingerprint density at radius 2 is 2.21 bits per heavy atom. The number of aromatic nitrogens is 1. The fourth-order valence-corrected chi connectivity index (χ4v) is 5.26. The van der Waals surface area contributed by atoms with Crippen LogP contribution < -0.4 is 0 Å². The monoisotopic (exact) mass is 391 g/mol. The number of oxazole rings is 1. The van der Waals surface area contributed by atoms with Gasteiger partial charge in [0, 0.05) is 32.3 Å². The molecule has 3 aliphatic rings. The zero-order valence-electron chi connectivity index (χ0n) is 16.0. The summed E-state index contributed by atoms with van der Waals surface area (Å²) in [6, 6.07) is 5.99. The third kappa shape index (κ3) is 3.15. The van der Waals surface area contributed by atoms with Crippen LogP contribution in [0.2, 0.25) is 0 Å². The van der Waals surface area contributed by atoms with E-state index >= 15 is 0 Å². The Bertz CT molecular complexity index is 1090. The zero-order valence-corrected chi connectivity index (χ0v) is 17.0. The summed E-state index contributed by atoms with van der Waals surface area (Å²) >= 11 is 0. The van der Waals surface area contributed by atoms with Crippen LogP contribution in [-0.4, -0.2) is 46.6 Å². The molecule has 0 aliphatic carbocycles. The van der Waals surface area contributed by atoms with Gasteiger partial charge in [-0.05, 0) is 47.6 Å². The van der Waals surface area contributed by atoms with E-state index in [-0.39, 0.29) is 11.7 Å². The molecule has 2 unspecified atom stereocenters. The number of benzene rings is 1. The van der Waals surface area contributed by atoms with Crippen molar-refractivity contribution in [3.8, 4) is 0 Å². The van der Waals surface area contributed by atoms with Crippen molar-refractivity contribution in [3.05, 3.63) is 71.3 Å². The van der Waals surface area contributed by atoms with Crippen molar-refractivity contribution in [2.75, 3.05) is 20.1 Å². The quantitative estimate of drug-likeness (QED) is 0.725. The van der Waals surface area contributed by atoms with Gasteiger partial charge in [-0.1, -0.05) is 32.9 Å². The molecule has 1 aromatic carbocycles. The highest BCUT2D eigenvalue weighted by molar-refractivity contribution is 7.51. The number of carbonyl (C=O) groups excluding carboxylic acids is 1. The minimum absolute atomic E-state index is 0.0444. The maximum absolute atomic E-state index is 12.9. The lowest BCUT2D eigenvalue weighted by Gasteiger charge is -2.34. The molecule has 1 aromatic heterocycles. The predicted molar refractivity (Wildman–Crippen MR) is 113 cm³/mol. The van der Waals surface area contributed by atoms with Gasteiger partial charge in [-0.25, -0.2) is 4.98 Å². The number of allylic oxidation sites excluding steroid dienone is 2. The first kappa shape index (κ1) is 17.6. The van der Waals surface area contributed by atoms with Gasteiger partial charge in [-0.3, -0.25) is 4.79 Å². The first-order chi connectivity index (χ1) is 13.6. The lowest BCUT2D eigenvalue weighted by atomic mass is 9.98. The molecule has 3 aliphatic heterocycles. The first-order valence-corrected chi connectivity index (χ1v) is 10.6. The summed E-state index contributed by atoms with van der Waals surface area (Å²) in [7, 11) is 2.64. The normalized spacial score (nSPS) is 23.6. The zero-order chi connectivity index (χ0) is 19.3. The molecule has 0 saturated carbocycles. The van der Waals surface area contributed by atoms with Crippen LogP contribution in [0.1, 0.15) is 17.9 Å². The van der Waals surface area contributed by atoms with E-state index in [1.807, 2.05) is 36.2 Å². The van der Waals surface area contributed by atoms with Gasteiger partial charge in [-0.15, -0.1) is 0 Å². The molecule has 0 spiro atoms. The van der Waals surface area contributed by atoms with Crippen molar-refractivity contribution < 1.29 is 9.21 Å². The average Bonchev–Trinajstić information content (AvgIpc) is 3.07. The van der Waals surface area contributed by atoms with Crippen LogP contribution in [0.4, 0.5) is 0 Å². The minimum atomic E-state index is 0.0444. The summed E-state index contributed by atoms with van der Waals surface area (Å²) in [5, 5.41) is 1.07. The molecule has 2 atom stereocenters. The van der Waals surface area contributed by atoms with Crippen molar-refractivity contribution >= 4 is 30.9 Å². The molecule has 0 N–H and O–H groups in total. The van der Waals surface area contributed by atoms with E-state index in [0.29, 0.717) is 14.5 Å². The second-order valence-electron chi connectivity index (χ2n) is 7.49. The van der Waals surface area contributed by atoms with Crippen molar-refractivity contribution in [2.45, 2.75) is 19.1 Å². The van der Waals surface area contributed by atoms with E-state index in [4.69, 9.17) is 4.42 Å². The molecule has 0 saturated heterocycles. The molecule has 4 heterocycles. The van der Waals surface area contributed by atoms with E-state index in [1.165, 1.54) is 5.57 Å². The number of nitrogens with zero attached hydrogens (tertiary/aromatic N) is 3. The number of hydrogen-bond donors (Lipinski definition) is 0. The van der Waals surface area contributed by atoms with Crippen molar-refractivity contribution in [3.63, 3.8) is 0 Å². The lowest BCUT2D eigenvalue weighted by molar-refractivity contribution is -0.123. The second-order valence-corrected chi connectivity index (χ2v) is 8.91. The maximum Gasteiger partial charge on any atom is 0.252 e. The SMILES string of the molecule is Cc1nc2ccc(C3=CC(=O)N4C=C(C5=CCN(C)CC5)C=CC4P3)cc2o1. The van der Waals surface area contributed by atoms with E-state index < -0.39 is 0 Å². The number of fused-ring (bicyclic) bond motifs is 2. The van der Waals surface area contributed by atoms with Gasteiger partial charge in [-0.2, -0.15) is 0 Å². The molecule has 0 fully saturated rings. The highest BCUT2D eigenvalue weighted by atomic mass is 31.1. The van der Waals surface area contributed by atoms with Gasteiger partial charge in [0.1, 0.15) is 5.52 Å². The van der Waals surface area contributed by atoms with E-state index in [2.05, 4.69) is 35.2 Å². The maximum atomic E-state index is 12.9. The van der Waals surface area contributed by atoms with Crippen LogP contribution in [-0.2, 0) is 4.79 Å². The van der Waals surface area contributed by atoms with Crippen molar-refractivity contribution in [2.24, 2.45) is 0 Å². The first-order valence-electron chi connectivity index (χ1n) is 9.53. The summed E-state index contributed by atoms with van der Waals surface area (Å²) < 4.78 is 5.66. The standard InChI is InChI=1S/C22H22N3O2P/c1-14-23-18-5-3-16(11-19(18)27-14)20-12-21(26)25-13-17(4-6-22(25)28-20)15-7-9-24(2)10-8-15/h3-7,11-13,22,28H,8-10H2,1-2H3. The second kappa shape index (κ2) is 6.84. The van der Waals surface area contributed by atoms with Crippen LogP contribution in [0.5, 0.6) is 0 Å². The number of aryl methyl sites for hydroxylation is 1. The Morgan fingerprint density at radius 1 is 1.32 bits per heavy atom. The molecule has 5 rings (SSSR count). The Labute approximate surface area is 165 Å². The van der Waals surface area contributed by atoms with Crippen molar-refractivity contribution in [1.82, 2.24) is 14.8 Å². The van der Waals surface area contributed by atoms with Crippen LogP contribution in [0.3, 0.4) is 0 Å². The third-order valence-electron chi connectivity index (χ3n) is 5.45. The van der Waals surface area contributed by atoms with Gasteiger partial charge in [0.25, 0.3) is 5.91 Å². The fraction of sp³-hybridized carbons (Fsp3) is 0.273. The summed E-state index contributed by atoms with van der Waals surface area (Å²) in [5.41, 5.74) is 5.16. The van der Waals surface area contributed by atoms with Crippen molar-refractivity contribution in [1.29, 1.82) is 0 Å². The number of hydrogen-bond acceptors (Lipinski definition) is 4. The largest absolute Gasteiger partial charge is 0.441 e. The van der Waals surface area contributed by atoms with E-state index in [0.717, 1.165) is 47.1 Å². The van der Waals surface area contributed by atoms with Gasteiger partial charge >= 0.3 is 0 Å². The number of carbonyl (C=O) groups is 1. The molecule has 0 bridgehead atoms. The molecule has 28 heavy (non-hydrogen) atoms. The Morgan fingerprint density at radius 3 is 3.04 bits per heavy atom. The third-order valence-corrected chi connectivity index (χ3v) is 6.96. The molecule has 142 valence electrons. The van der Waals surface area contributed by atoms with Gasteiger partial charge in [0.2, 0.25) is 0 Å². The van der Waals surface area contributed by atoms with E-state index in [9.17, 15) is 4.79 Å². The van der Waals surface area contributed by atoms with E-state index in [1.54, 1.807) is 6.08 Å². The smallest absolute Gasteiger partial charge is 0.252 e. The summed E-state index contributed by atoms with van der Waals surface area (Å²) in [5.74, 6) is 0.795. The highest BCUT2D eigenvalue weighted by Crippen LogP contribution is 2.45. The summed E-state index contributed by atoms with van der Waals surface area (Å²) in [6.07, 6.45) is 11.5.